The van der Waals surface area contributed by atoms with Crippen LogP contribution >= 0.6 is 0 Å². The Hall–Kier alpha value is -0.410. The Bertz CT molecular complexity index is 158. The number of hydrogen-bond donors (Lipinski definition) is 0. The van der Waals surface area contributed by atoms with E-state index in [9.17, 15) is 4.79 Å². The molecule has 78 valence electrons. The lowest BCUT2D eigenvalue weighted by atomic mass is 10.2. The Morgan fingerprint density at radius 3 is 2.31 bits per heavy atom. The fraction of sp³-hybridized carbons (Fsp3) is 0.900. The molecular weight excluding hydrogens is 168 g/mol. The summed E-state index contributed by atoms with van der Waals surface area (Å²) in [6.45, 7) is 9.39. The lowest BCUT2D eigenvalue weighted by Crippen LogP contribution is -2.24. The summed E-state index contributed by atoms with van der Waals surface area (Å²) >= 11 is 0. The van der Waals surface area contributed by atoms with Crippen LogP contribution in [0.5, 0.6) is 0 Å². The summed E-state index contributed by atoms with van der Waals surface area (Å²) < 4.78 is 0. The number of Topliss-reactive ketones (excluding diaryl/α,β-unsaturated/α-hetero) is 1. The first-order valence-electron chi connectivity index (χ1n) is 4.71. The van der Waals surface area contributed by atoms with Gasteiger partial charge in [0.2, 0.25) is 0 Å². The first-order chi connectivity index (χ1) is 5.85. The minimum atomic E-state index is -0.316. The van der Waals surface area contributed by atoms with E-state index in [1.807, 2.05) is 34.6 Å². The van der Waals surface area contributed by atoms with Crippen LogP contribution < -0.4 is 0 Å². The minimum Gasteiger partial charge on any atom is -0.300 e. The first-order valence-corrected chi connectivity index (χ1v) is 4.71. The van der Waals surface area contributed by atoms with Gasteiger partial charge in [-0.1, -0.05) is 6.92 Å². The van der Waals surface area contributed by atoms with Gasteiger partial charge in [-0.25, -0.2) is 9.78 Å². The molecule has 0 fully saturated rings. The van der Waals surface area contributed by atoms with Gasteiger partial charge in [-0.05, 0) is 27.7 Å². The molecule has 0 aliphatic carbocycles. The monoisotopic (exact) mass is 188 g/mol. The highest BCUT2D eigenvalue weighted by molar-refractivity contribution is 5.78. The van der Waals surface area contributed by atoms with E-state index in [1.165, 1.54) is 0 Å². The summed E-state index contributed by atoms with van der Waals surface area (Å²) in [6.07, 6.45) is 0.821. The van der Waals surface area contributed by atoms with Crippen molar-refractivity contribution in [2.24, 2.45) is 0 Å². The molecule has 0 spiro atoms. The molecule has 0 aromatic rings. The minimum absolute atomic E-state index is 0.160. The van der Waals surface area contributed by atoms with Gasteiger partial charge < -0.3 is 0 Å². The van der Waals surface area contributed by atoms with Gasteiger partial charge in [0, 0.05) is 12.8 Å². The third kappa shape index (κ3) is 7.94. The molecule has 0 N–H and O–H groups in total. The van der Waals surface area contributed by atoms with Crippen molar-refractivity contribution < 1.29 is 14.6 Å². The van der Waals surface area contributed by atoms with Crippen molar-refractivity contribution >= 4 is 5.78 Å². The average Bonchev–Trinajstić information content (AvgIpc) is 1.99. The summed E-state index contributed by atoms with van der Waals surface area (Å²) in [5.41, 5.74) is -0.316. The van der Waals surface area contributed by atoms with Crippen LogP contribution in [-0.4, -0.2) is 17.5 Å². The van der Waals surface area contributed by atoms with E-state index in [2.05, 4.69) is 0 Å². The van der Waals surface area contributed by atoms with E-state index in [4.69, 9.17) is 9.78 Å². The zero-order valence-electron chi connectivity index (χ0n) is 9.22. The number of hydrogen-bond acceptors (Lipinski definition) is 3. The third-order valence-electron chi connectivity index (χ3n) is 1.37. The van der Waals surface area contributed by atoms with Crippen molar-refractivity contribution in [1.82, 2.24) is 0 Å². The van der Waals surface area contributed by atoms with Gasteiger partial charge in [0.25, 0.3) is 0 Å². The van der Waals surface area contributed by atoms with Crippen molar-refractivity contribution in [3.05, 3.63) is 0 Å². The van der Waals surface area contributed by atoms with E-state index in [-0.39, 0.29) is 17.5 Å². The van der Waals surface area contributed by atoms with Crippen molar-refractivity contribution in [3.8, 4) is 0 Å². The average molecular weight is 188 g/mol. The lowest BCUT2D eigenvalue weighted by molar-refractivity contribution is -0.369. The van der Waals surface area contributed by atoms with Crippen molar-refractivity contribution in [3.63, 3.8) is 0 Å². The predicted octanol–water partition coefficient (Wildman–Crippen LogP) is 2.49. The van der Waals surface area contributed by atoms with Crippen LogP contribution in [-0.2, 0) is 14.6 Å². The fourth-order valence-corrected chi connectivity index (χ4v) is 0.725. The molecule has 0 amide bonds. The summed E-state index contributed by atoms with van der Waals surface area (Å²) in [4.78, 5) is 21.2. The van der Waals surface area contributed by atoms with Crippen LogP contribution in [0.15, 0.2) is 0 Å². The van der Waals surface area contributed by atoms with Crippen LogP contribution in [0, 0.1) is 0 Å². The van der Waals surface area contributed by atoms with Gasteiger partial charge in [-0.15, -0.1) is 0 Å². The van der Waals surface area contributed by atoms with Crippen molar-refractivity contribution in [1.29, 1.82) is 0 Å². The molecule has 0 aromatic carbocycles. The summed E-state index contributed by atoms with van der Waals surface area (Å²) in [6, 6.07) is 0. The third-order valence-corrected chi connectivity index (χ3v) is 1.37. The number of rotatable bonds is 5. The van der Waals surface area contributed by atoms with E-state index in [1.54, 1.807) is 0 Å². The smallest absolute Gasteiger partial charge is 0.135 e. The molecule has 0 unspecified atom stereocenters. The summed E-state index contributed by atoms with van der Waals surface area (Å²) in [5, 5.41) is 0. The fourth-order valence-electron chi connectivity index (χ4n) is 0.725. The number of carbonyl (C=O) groups excluding carboxylic acids is 1. The zero-order valence-corrected chi connectivity index (χ0v) is 9.22. The van der Waals surface area contributed by atoms with E-state index in [0.717, 1.165) is 0 Å². The van der Waals surface area contributed by atoms with Gasteiger partial charge in [0.1, 0.15) is 5.78 Å². The molecule has 0 rings (SSSR count). The maximum atomic E-state index is 11.0. The lowest BCUT2D eigenvalue weighted by Gasteiger charge is -2.20. The van der Waals surface area contributed by atoms with Gasteiger partial charge >= 0.3 is 0 Å². The molecule has 3 nitrogen and oxygen atoms in total. The number of ketones is 1. The highest BCUT2D eigenvalue weighted by atomic mass is 17.2. The van der Waals surface area contributed by atoms with E-state index in [0.29, 0.717) is 12.8 Å². The van der Waals surface area contributed by atoms with Crippen molar-refractivity contribution in [2.75, 3.05) is 0 Å². The molecule has 0 aliphatic rings. The molecule has 0 saturated heterocycles. The van der Waals surface area contributed by atoms with E-state index < -0.39 is 0 Å². The van der Waals surface area contributed by atoms with Crippen LogP contribution in [0.3, 0.4) is 0 Å². The summed E-state index contributed by atoms with van der Waals surface area (Å²) in [7, 11) is 0. The second kappa shape index (κ2) is 5.35. The first kappa shape index (κ1) is 12.6. The summed E-state index contributed by atoms with van der Waals surface area (Å²) in [5.74, 6) is 0.199. The number of carbonyl (C=O) groups is 1. The van der Waals surface area contributed by atoms with E-state index >= 15 is 0 Å². The van der Waals surface area contributed by atoms with Crippen LogP contribution in [0.25, 0.3) is 0 Å². The van der Waals surface area contributed by atoms with Crippen LogP contribution in [0.1, 0.15) is 47.5 Å². The molecule has 3 heteroatoms. The molecule has 0 heterocycles. The topological polar surface area (TPSA) is 35.5 Å². The van der Waals surface area contributed by atoms with Gasteiger partial charge in [0.15, 0.2) is 0 Å². The van der Waals surface area contributed by atoms with Gasteiger partial charge in [-0.2, -0.15) is 0 Å². The molecular formula is C10H20O3. The molecule has 0 radical (unpaired) electrons. The van der Waals surface area contributed by atoms with Crippen molar-refractivity contribution in [2.45, 2.75) is 59.2 Å². The SMILES string of the molecule is CCC(=O)C[C@@H](C)OOC(C)(C)C. The molecule has 0 aliphatic heterocycles. The molecule has 0 bridgehead atoms. The highest BCUT2D eigenvalue weighted by Gasteiger charge is 2.15. The quantitative estimate of drug-likeness (QED) is 0.491. The predicted molar refractivity (Wildman–Crippen MR) is 51.3 cm³/mol. The Morgan fingerprint density at radius 1 is 1.38 bits per heavy atom. The molecule has 13 heavy (non-hydrogen) atoms. The van der Waals surface area contributed by atoms with Crippen LogP contribution in [0.4, 0.5) is 0 Å². The normalized spacial score (nSPS) is 14.2. The molecule has 1 atom stereocenters. The standard InChI is InChI=1S/C10H20O3/c1-6-9(11)7-8(2)12-13-10(3,4)5/h8H,6-7H2,1-5H3/t8-/m1/s1. The Balaban J connectivity index is 3.63. The second-order valence-electron chi connectivity index (χ2n) is 4.20. The highest BCUT2D eigenvalue weighted by Crippen LogP contribution is 2.10. The maximum Gasteiger partial charge on any atom is 0.135 e. The Labute approximate surface area is 80.3 Å². The largest absolute Gasteiger partial charge is 0.300 e. The van der Waals surface area contributed by atoms with Gasteiger partial charge in [-0.3, -0.25) is 4.79 Å². The molecule has 0 aromatic heterocycles. The van der Waals surface area contributed by atoms with Crippen LogP contribution in [0.2, 0.25) is 0 Å². The maximum absolute atomic E-state index is 11.0. The molecule has 0 saturated carbocycles. The zero-order chi connectivity index (χ0) is 10.5. The second-order valence-corrected chi connectivity index (χ2v) is 4.20. The van der Waals surface area contributed by atoms with Gasteiger partial charge in [0.05, 0.1) is 11.7 Å². The Morgan fingerprint density at radius 2 is 1.92 bits per heavy atom. The Kier molecular flexibility index (Phi) is 5.18.